The van der Waals surface area contributed by atoms with E-state index in [1.807, 2.05) is 0 Å². The molecule has 0 N–H and O–H groups in total. The minimum atomic E-state index is -0.879. The molecule has 0 unspecified atom stereocenters. The first-order chi connectivity index (χ1) is 5.97. The van der Waals surface area contributed by atoms with Gasteiger partial charge in [-0.25, -0.2) is 9.59 Å². The number of carbonyl (C=O) groups excluding carboxylic acids is 2. The monoisotopic (exact) mass is 182 g/mol. The lowest BCUT2D eigenvalue weighted by molar-refractivity contribution is -0.158. The van der Waals surface area contributed by atoms with Crippen molar-refractivity contribution in [3.8, 4) is 12.3 Å². The van der Waals surface area contributed by atoms with Crippen LogP contribution in [0.15, 0.2) is 0 Å². The zero-order chi connectivity index (χ0) is 10.1. The molecule has 4 nitrogen and oxygen atoms in total. The molecular formula is C9H10O4. The first-order valence-electron chi connectivity index (χ1n) is 3.81. The fraction of sp³-hybridized carbons (Fsp3) is 0.556. The molecule has 1 saturated heterocycles. The highest BCUT2D eigenvalue weighted by Crippen LogP contribution is 2.30. The highest BCUT2D eigenvalue weighted by molar-refractivity contribution is 5.90. The van der Waals surface area contributed by atoms with Crippen molar-refractivity contribution in [3.63, 3.8) is 0 Å². The molecule has 0 aliphatic carbocycles. The molecule has 1 rings (SSSR count). The maximum Gasteiger partial charge on any atom is 0.384 e. The van der Waals surface area contributed by atoms with Crippen LogP contribution in [0.3, 0.4) is 0 Å². The second-order valence-electron chi connectivity index (χ2n) is 3.53. The molecule has 1 atom stereocenters. The molecule has 70 valence electrons. The summed E-state index contributed by atoms with van der Waals surface area (Å²) >= 11 is 0. The molecule has 1 aliphatic rings. The number of rotatable bonds is 1. The minimum absolute atomic E-state index is 0.244. The van der Waals surface area contributed by atoms with E-state index in [4.69, 9.17) is 15.9 Å². The van der Waals surface area contributed by atoms with Crippen LogP contribution in [0, 0.1) is 17.8 Å². The van der Waals surface area contributed by atoms with Gasteiger partial charge in [0.05, 0.1) is 0 Å². The zero-order valence-corrected chi connectivity index (χ0v) is 7.49. The second kappa shape index (κ2) is 3.09. The highest BCUT2D eigenvalue weighted by atomic mass is 16.6. The number of carbonyl (C=O) groups is 2. The smallest absolute Gasteiger partial charge is 0.384 e. The summed E-state index contributed by atoms with van der Waals surface area (Å²) in [6, 6.07) is 0. The Morgan fingerprint density at radius 2 is 2.38 bits per heavy atom. The van der Waals surface area contributed by atoms with Crippen molar-refractivity contribution in [2.24, 2.45) is 5.41 Å². The van der Waals surface area contributed by atoms with Crippen LogP contribution in [0.4, 0.5) is 0 Å². The molecule has 0 spiro atoms. The summed E-state index contributed by atoms with van der Waals surface area (Å²) in [6.45, 7) is 3.78. The van der Waals surface area contributed by atoms with Crippen LogP contribution < -0.4 is 0 Å². The van der Waals surface area contributed by atoms with Crippen molar-refractivity contribution >= 4 is 11.9 Å². The second-order valence-corrected chi connectivity index (χ2v) is 3.53. The van der Waals surface area contributed by atoms with Crippen LogP contribution in [-0.2, 0) is 19.1 Å². The van der Waals surface area contributed by atoms with Gasteiger partial charge in [0.15, 0.2) is 0 Å². The molecular weight excluding hydrogens is 172 g/mol. The van der Waals surface area contributed by atoms with Gasteiger partial charge in [-0.3, -0.25) is 0 Å². The van der Waals surface area contributed by atoms with Crippen LogP contribution in [0.5, 0.6) is 0 Å². The lowest BCUT2D eigenvalue weighted by Crippen LogP contribution is -2.34. The molecule has 0 saturated carbocycles. The summed E-state index contributed by atoms with van der Waals surface area (Å²) < 4.78 is 9.48. The van der Waals surface area contributed by atoms with Gasteiger partial charge in [-0.05, 0) is 0 Å². The molecule has 1 aliphatic heterocycles. The predicted molar refractivity (Wildman–Crippen MR) is 43.5 cm³/mol. The van der Waals surface area contributed by atoms with Crippen molar-refractivity contribution in [2.75, 3.05) is 6.61 Å². The molecule has 0 bridgehead atoms. The van der Waals surface area contributed by atoms with E-state index in [0.717, 1.165) is 0 Å². The third-order valence-electron chi connectivity index (χ3n) is 1.85. The third-order valence-corrected chi connectivity index (χ3v) is 1.85. The first-order valence-corrected chi connectivity index (χ1v) is 3.81. The standard InChI is InChI=1S/C9H10O4/c1-4-6(10)13-7-8(11)12-5-9(7,2)3/h1,7H,5H2,2-3H3/t7-/m0/s1. The van der Waals surface area contributed by atoms with E-state index in [9.17, 15) is 9.59 Å². The average molecular weight is 182 g/mol. The van der Waals surface area contributed by atoms with Gasteiger partial charge in [-0.1, -0.05) is 13.8 Å². The van der Waals surface area contributed by atoms with Crippen LogP contribution in [-0.4, -0.2) is 24.6 Å². The number of cyclic esters (lactones) is 1. The fourth-order valence-corrected chi connectivity index (χ4v) is 1.08. The Morgan fingerprint density at radius 3 is 2.77 bits per heavy atom. The van der Waals surface area contributed by atoms with Gasteiger partial charge in [-0.15, -0.1) is 6.42 Å². The summed E-state index contributed by atoms with van der Waals surface area (Å²) in [5.41, 5.74) is -0.496. The van der Waals surface area contributed by atoms with Crippen LogP contribution in [0.1, 0.15) is 13.8 Å². The number of ether oxygens (including phenoxy) is 2. The summed E-state index contributed by atoms with van der Waals surface area (Å²) in [4.78, 5) is 21.8. The molecule has 0 aromatic rings. The Hall–Kier alpha value is -1.50. The van der Waals surface area contributed by atoms with Crippen LogP contribution in [0.25, 0.3) is 0 Å². The van der Waals surface area contributed by atoms with Gasteiger partial charge in [0.25, 0.3) is 0 Å². The number of hydrogen-bond donors (Lipinski definition) is 0. The molecule has 0 amide bonds. The van der Waals surface area contributed by atoms with E-state index in [2.05, 4.69) is 0 Å². The molecule has 1 heterocycles. The Kier molecular flexibility index (Phi) is 2.28. The minimum Gasteiger partial charge on any atom is -0.462 e. The van der Waals surface area contributed by atoms with Crippen LogP contribution in [0.2, 0.25) is 0 Å². The molecule has 1 fully saturated rings. The predicted octanol–water partition coefficient (Wildman–Crippen LogP) is 0.114. The summed E-state index contributed by atoms with van der Waals surface area (Å²) in [5, 5.41) is 0. The Balaban J connectivity index is 2.73. The summed E-state index contributed by atoms with van der Waals surface area (Å²) in [7, 11) is 0. The van der Waals surface area contributed by atoms with E-state index < -0.39 is 23.5 Å². The number of terminal acetylenes is 1. The lowest BCUT2D eigenvalue weighted by atomic mass is 9.90. The van der Waals surface area contributed by atoms with Gasteiger partial charge in [0.2, 0.25) is 6.10 Å². The van der Waals surface area contributed by atoms with Gasteiger partial charge < -0.3 is 9.47 Å². The van der Waals surface area contributed by atoms with Crippen molar-refractivity contribution < 1.29 is 19.1 Å². The van der Waals surface area contributed by atoms with E-state index in [1.165, 1.54) is 0 Å². The summed E-state index contributed by atoms with van der Waals surface area (Å²) in [6.07, 6.45) is 3.93. The Labute approximate surface area is 76.2 Å². The number of esters is 2. The fourth-order valence-electron chi connectivity index (χ4n) is 1.08. The van der Waals surface area contributed by atoms with Crippen molar-refractivity contribution in [2.45, 2.75) is 20.0 Å². The summed E-state index contributed by atoms with van der Waals surface area (Å²) in [5.74, 6) is 0.411. The van der Waals surface area contributed by atoms with E-state index in [-0.39, 0.29) is 6.61 Å². The lowest BCUT2D eigenvalue weighted by Gasteiger charge is -2.20. The quantitative estimate of drug-likeness (QED) is 0.328. The van der Waals surface area contributed by atoms with E-state index in [1.54, 1.807) is 19.8 Å². The van der Waals surface area contributed by atoms with Crippen LogP contribution >= 0.6 is 0 Å². The zero-order valence-electron chi connectivity index (χ0n) is 7.49. The average Bonchev–Trinajstić information content (AvgIpc) is 2.31. The highest BCUT2D eigenvalue weighted by Gasteiger charge is 2.46. The molecule has 0 radical (unpaired) electrons. The van der Waals surface area contributed by atoms with Gasteiger partial charge >= 0.3 is 11.9 Å². The molecule has 0 aromatic carbocycles. The first kappa shape index (κ1) is 9.59. The SMILES string of the molecule is C#CC(=O)O[C@H]1C(=O)OCC1(C)C. The van der Waals surface area contributed by atoms with Gasteiger partial charge in [0, 0.05) is 11.3 Å². The topological polar surface area (TPSA) is 52.6 Å². The molecule has 13 heavy (non-hydrogen) atoms. The molecule has 4 heteroatoms. The maximum atomic E-state index is 11.1. The Morgan fingerprint density at radius 1 is 1.77 bits per heavy atom. The normalized spacial score (nSPS) is 24.7. The molecule has 0 aromatic heterocycles. The van der Waals surface area contributed by atoms with E-state index >= 15 is 0 Å². The van der Waals surface area contributed by atoms with Crippen molar-refractivity contribution in [3.05, 3.63) is 0 Å². The largest absolute Gasteiger partial charge is 0.462 e. The number of hydrogen-bond acceptors (Lipinski definition) is 4. The van der Waals surface area contributed by atoms with E-state index in [0.29, 0.717) is 0 Å². The Bertz CT molecular complexity index is 284. The van der Waals surface area contributed by atoms with Gasteiger partial charge in [-0.2, -0.15) is 0 Å². The van der Waals surface area contributed by atoms with Gasteiger partial charge in [0.1, 0.15) is 6.61 Å². The maximum absolute atomic E-state index is 11.1. The van der Waals surface area contributed by atoms with Crippen molar-refractivity contribution in [1.82, 2.24) is 0 Å². The van der Waals surface area contributed by atoms with Crippen molar-refractivity contribution in [1.29, 1.82) is 0 Å². The third kappa shape index (κ3) is 1.81.